The molecule has 0 spiro atoms. The normalized spacial score (nSPS) is 10.7. The summed E-state index contributed by atoms with van der Waals surface area (Å²) in [6, 6.07) is 13.5. The average molecular weight is 358 g/mol. The van der Waals surface area contributed by atoms with E-state index in [-0.39, 0.29) is 5.88 Å². The Morgan fingerprint density at radius 3 is 2.67 bits per heavy atom. The Labute approximate surface area is 156 Å². The largest absolute Gasteiger partial charge is 0.435 e. The zero-order chi connectivity index (χ0) is 18.8. The lowest BCUT2D eigenvalue weighted by atomic mass is 10.2. The molecule has 3 heterocycles. The Morgan fingerprint density at radius 2 is 1.81 bits per heavy atom. The van der Waals surface area contributed by atoms with Gasteiger partial charge >= 0.3 is 0 Å². The summed E-state index contributed by atoms with van der Waals surface area (Å²) in [5.41, 5.74) is 9.18. The highest BCUT2D eigenvalue weighted by molar-refractivity contribution is 5.85. The smallest absolute Gasteiger partial charge is 0.248 e. The van der Waals surface area contributed by atoms with Gasteiger partial charge in [0.1, 0.15) is 23.3 Å². The van der Waals surface area contributed by atoms with E-state index in [1.807, 2.05) is 56.3 Å². The van der Waals surface area contributed by atoms with Gasteiger partial charge in [-0.3, -0.25) is 0 Å². The number of hydrogen-bond donors (Lipinski definition) is 2. The van der Waals surface area contributed by atoms with E-state index in [4.69, 9.17) is 10.5 Å². The van der Waals surface area contributed by atoms with Crippen molar-refractivity contribution in [3.8, 4) is 11.6 Å². The third-order valence-corrected chi connectivity index (χ3v) is 4.12. The molecule has 0 unspecified atom stereocenters. The lowest BCUT2D eigenvalue weighted by Crippen LogP contribution is -2.05. The van der Waals surface area contributed by atoms with Gasteiger partial charge in [-0.05, 0) is 37.6 Å². The lowest BCUT2D eigenvalue weighted by Gasteiger charge is -2.13. The van der Waals surface area contributed by atoms with Gasteiger partial charge in [0.05, 0.1) is 0 Å². The number of benzene rings is 1. The van der Waals surface area contributed by atoms with E-state index in [2.05, 4.69) is 25.3 Å². The SMILES string of the molecule is Cc1ccc2cccc(Oc3ncnc(Nc4ncccc4C)c3N)c2n1. The average Bonchev–Trinajstić information content (AvgIpc) is 2.67. The summed E-state index contributed by atoms with van der Waals surface area (Å²) in [4.78, 5) is 17.3. The first-order valence-corrected chi connectivity index (χ1v) is 8.45. The number of fused-ring (bicyclic) bond motifs is 1. The maximum absolute atomic E-state index is 6.24. The van der Waals surface area contributed by atoms with Crippen molar-refractivity contribution in [2.45, 2.75) is 13.8 Å². The van der Waals surface area contributed by atoms with Crippen LogP contribution in [0.25, 0.3) is 10.9 Å². The van der Waals surface area contributed by atoms with Crippen molar-refractivity contribution in [2.24, 2.45) is 0 Å². The van der Waals surface area contributed by atoms with Gasteiger partial charge in [0, 0.05) is 17.3 Å². The van der Waals surface area contributed by atoms with Crippen molar-refractivity contribution in [3.05, 3.63) is 66.2 Å². The van der Waals surface area contributed by atoms with E-state index >= 15 is 0 Å². The molecule has 0 fully saturated rings. The van der Waals surface area contributed by atoms with Gasteiger partial charge in [0.25, 0.3) is 0 Å². The third kappa shape index (κ3) is 3.35. The number of nitrogens with zero attached hydrogens (tertiary/aromatic N) is 4. The number of hydrogen-bond acceptors (Lipinski definition) is 7. The minimum absolute atomic E-state index is 0.261. The zero-order valence-electron chi connectivity index (χ0n) is 15.0. The molecule has 0 aliphatic rings. The molecule has 4 aromatic rings. The molecule has 0 bridgehead atoms. The first kappa shape index (κ1) is 16.7. The molecule has 7 nitrogen and oxygen atoms in total. The molecule has 134 valence electrons. The summed E-state index contributed by atoms with van der Waals surface area (Å²) in [5.74, 6) is 1.96. The summed E-state index contributed by atoms with van der Waals surface area (Å²) < 4.78 is 5.99. The minimum atomic E-state index is 0.261. The van der Waals surface area contributed by atoms with E-state index in [1.165, 1.54) is 6.33 Å². The number of nitrogens with two attached hydrogens (primary N) is 1. The van der Waals surface area contributed by atoms with E-state index in [1.54, 1.807) is 6.20 Å². The fourth-order valence-electron chi connectivity index (χ4n) is 2.69. The number of nitrogen functional groups attached to an aromatic ring is 1. The van der Waals surface area contributed by atoms with Crippen LogP contribution in [-0.2, 0) is 0 Å². The summed E-state index contributed by atoms with van der Waals surface area (Å²) >= 11 is 0. The topological polar surface area (TPSA) is 98.8 Å². The summed E-state index contributed by atoms with van der Waals surface area (Å²) in [6.07, 6.45) is 3.10. The van der Waals surface area contributed by atoms with Crippen LogP contribution in [0.1, 0.15) is 11.3 Å². The van der Waals surface area contributed by atoms with Crippen LogP contribution < -0.4 is 15.8 Å². The highest BCUT2D eigenvalue weighted by Gasteiger charge is 2.13. The van der Waals surface area contributed by atoms with Crippen LogP contribution in [0, 0.1) is 13.8 Å². The third-order valence-electron chi connectivity index (χ3n) is 4.12. The fraction of sp³-hybridized carbons (Fsp3) is 0.100. The van der Waals surface area contributed by atoms with E-state index < -0.39 is 0 Å². The van der Waals surface area contributed by atoms with Crippen LogP contribution in [0.15, 0.2) is 55.0 Å². The predicted molar refractivity (Wildman–Crippen MR) is 105 cm³/mol. The highest BCUT2D eigenvalue weighted by atomic mass is 16.5. The lowest BCUT2D eigenvalue weighted by molar-refractivity contribution is 0.469. The van der Waals surface area contributed by atoms with Crippen LogP contribution in [0.3, 0.4) is 0 Å². The van der Waals surface area contributed by atoms with Crippen LogP contribution in [-0.4, -0.2) is 19.9 Å². The highest BCUT2D eigenvalue weighted by Crippen LogP contribution is 2.33. The van der Waals surface area contributed by atoms with Crippen molar-refractivity contribution in [3.63, 3.8) is 0 Å². The predicted octanol–water partition coefficient (Wildman–Crippen LogP) is 4.15. The molecule has 7 heteroatoms. The summed E-state index contributed by atoms with van der Waals surface area (Å²) in [7, 11) is 0. The van der Waals surface area contributed by atoms with Gasteiger partial charge in [0.15, 0.2) is 11.6 Å². The van der Waals surface area contributed by atoms with Crippen molar-refractivity contribution in [2.75, 3.05) is 11.1 Å². The number of aromatic nitrogens is 4. The standard InChI is InChI=1S/C20H18N6O/c1-12-5-4-10-22-18(12)26-19-16(21)20(24-11-23-19)27-15-7-3-6-14-9-8-13(2)25-17(14)15/h3-11H,21H2,1-2H3,(H,22,23,24,26). The molecule has 0 saturated carbocycles. The van der Waals surface area contributed by atoms with Crippen LogP contribution in [0.2, 0.25) is 0 Å². The molecule has 3 aromatic heterocycles. The van der Waals surface area contributed by atoms with Crippen molar-refractivity contribution >= 4 is 28.2 Å². The molecule has 0 radical (unpaired) electrons. The number of aryl methyl sites for hydroxylation is 2. The molecule has 0 aliphatic carbocycles. The zero-order valence-corrected chi connectivity index (χ0v) is 15.0. The Bertz CT molecular complexity index is 1130. The molecular weight excluding hydrogens is 340 g/mol. The monoisotopic (exact) mass is 358 g/mol. The molecule has 3 N–H and O–H groups in total. The number of rotatable bonds is 4. The number of para-hydroxylation sites is 1. The minimum Gasteiger partial charge on any atom is -0.435 e. The van der Waals surface area contributed by atoms with Gasteiger partial charge in [-0.2, -0.15) is 4.98 Å². The first-order valence-electron chi connectivity index (χ1n) is 8.45. The molecule has 4 rings (SSSR count). The van der Waals surface area contributed by atoms with Crippen LogP contribution in [0.5, 0.6) is 11.6 Å². The first-order chi connectivity index (χ1) is 13.1. The van der Waals surface area contributed by atoms with Crippen LogP contribution in [0.4, 0.5) is 17.3 Å². The molecule has 0 atom stereocenters. The second kappa shape index (κ2) is 6.87. The second-order valence-corrected chi connectivity index (χ2v) is 6.12. The van der Waals surface area contributed by atoms with Crippen molar-refractivity contribution in [1.82, 2.24) is 19.9 Å². The molecule has 0 aliphatic heterocycles. The van der Waals surface area contributed by atoms with Gasteiger partial charge in [-0.25, -0.2) is 15.0 Å². The maximum Gasteiger partial charge on any atom is 0.248 e. The van der Waals surface area contributed by atoms with E-state index in [0.29, 0.717) is 23.1 Å². The van der Waals surface area contributed by atoms with Crippen LogP contribution >= 0.6 is 0 Å². The number of anilines is 3. The molecule has 0 amide bonds. The Morgan fingerprint density at radius 1 is 0.926 bits per heavy atom. The Kier molecular flexibility index (Phi) is 4.25. The summed E-state index contributed by atoms with van der Waals surface area (Å²) in [6.45, 7) is 3.89. The van der Waals surface area contributed by atoms with Gasteiger partial charge in [0.2, 0.25) is 5.88 Å². The number of pyridine rings is 2. The van der Waals surface area contributed by atoms with E-state index in [0.717, 1.165) is 22.2 Å². The summed E-state index contributed by atoms with van der Waals surface area (Å²) in [5, 5.41) is 4.11. The van der Waals surface area contributed by atoms with Crippen molar-refractivity contribution < 1.29 is 4.74 Å². The number of ether oxygens (including phenoxy) is 1. The molecule has 27 heavy (non-hydrogen) atoms. The molecular formula is C20H18N6O. The fourth-order valence-corrected chi connectivity index (χ4v) is 2.69. The quantitative estimate of drug-likeness (QED) is 0.565. The Balaban J connectivity index is 1.70. The van der Waals surface area contributed by atoms with Gasteiger partial charge in [-0.15, -0.1) is 0 Å². The van der Waals surface area contributed by atoms with Gasteiger partial charge in [-0.1, -0.05) is 24.3 Å². The van der Waals surface area contributed by atoms with E-state index in [9.17, 15) is 0 Å². The Hall–Kier alpha value is -3.74. The van der Waals surface area contributed by atoms with Gasteiger partial charge < -0.3 is 15.8 Å². The number of nitrogens with one attached hydrogen (secondary N) is 1. The molecule has 1 aromatic carbocycles. The molecule has 0 saturated heterocycles. The van der Waals surface area contributed by atoms with Crippen molar-refractivity contribution in [1.29, 1.82) is 0 Å². The second-order valence-electron chi connectivity index (χ2n) is 6.12. The maximum atomic E-state index is 6.24.